The van der Waals surface area contributed by atoms with Gasteiger partial charge >= 0.3 is 0 Å². The Labute approximate surface area is 99.5 Å². The molecule has 2 heterocycles. The van der Waals surface area contributed by atoms with Crippen LogP contribution >= 0.6 is 11.3 Å². The van der Waals surface area contributed by atoms with Crippen molar-refractivity contribution in [2.24, 2.45) is 0 Å². The van der Waals surface area contributed by atoms with E-state index in [1.54, 1.807) is 11.3 Å². The van der Waals surface area contributed by atoms with E-state index in [0.29, 0.717) is 0 Å². The van der Waals surface area contributed by atoms with Crippen LogP contribution < -0.4 is 5.32 Å². The van der Waals surface area contributed by atoms with Crippen molar-refractivity contribution in [3.8, 4) is 0 Å². The fraction of sp³-hybridized carbons (Fsp3) is 0.333. The molecule has 2 aromatic heterocycles. The molecule has 3 nitrogen and oxygen atoms in total. The molecule has 1 atom stereocenters. The van der Waals surface area contributed by atoms with Crippen LogP contribution in [0.1, 0.15) is 27.9 Å². The fourth-order valence-corrected chi connectivity index (χ4v) is 2.62. The van der Waals surface area contributed by atoms with Crippen molar-refractivity contribution in [2.45, 2.75) is 19.9 Å². The number of nitrogens with one attached hydrogen (secondary N) is 1. The molecule has 0 saturated carbocycles. The van der Waals surface area contributed by atoms with Gasteiger partial charge in [-0.3, -0.25) is 0 Å². The second-order valence-corrected chi connectivity index (χ2v) is 4.74. The van der Waals surface area contributed by atoms with E-state index in [0.717, 1.165) is 11.4 Å². The van der Waals surface area contributed by atoms with E-state index in [9.17, 15) is 0 Å². The molecule has 4 heteroatoms. The molecule has 0 fully saturated rings. The Hall–Kier alpha value is -1.26. The molecule has 0 spiro atoms. The van der Waals surface area contributed by atoms with Gasteiger partial charge in [0.05, 0.1) is 17.4 Å². The van der Waals surface area contributed by atoms with Gasteiger partial charge in [-0.05, 0) is 44.0 Å². The molecule has 2 aromatic rings. The quantitative estimate of drug-likeness (QED) is 0.885. The van der Waals surface area contributed by atoms with Gasteiger partial charge in [0.2, 0.25) is 0 Å². The van der Waals surface area contributed by atoms with Gasteiger partial charge < -0.3 is 5.32 Å². The molecule has 0 aromatic carbocycles. The Morgan fingerprint density at radius 1 is 1.31 bits per heavy atom. The first-order chi connectivity index (χ1) is 7.72. The first-order valence-corrected chi connectivity index (χ1v) is 6.12. The Bertz CT molecular complexity index is 465. The van der Waals surface area contributed by atoms with Crippen molar-refractivity contribution < 1.29 is 0 Å². The van der Waals surface area contributed by atoms with Crippen LogP contribution in [0.15, 0.2) is 23.6 Å². The maximum atomic E-state index is 4.17. The van der Waals surface area contributed by atoms with Crippen LogP contribution in [0.3, 0.4) is 0 Å². The highest BCUT2D eigenvalue weighted by Crippen LogP contribution is 2.27. The van der Waals surface area contributed by atoms with Crippen molar-refractivity contribution >= 4 is 11.3 Å². The summed E-state index contributed by atoms with van der Waals surface area (Å²) in [6, 6.07) is 6.53. The highest BCUT2D eigenvalue weighted by molar-refractivity contribution is 7.10. The van der Waals surface area contributed by atoms with Crippen LogP contribution in [0.2, 0.25) is 0 Å². The van der Waals surface area contributed by atoms with Gasteiger partial charge in [-0.2, -0.15) is 10.2 Å². The van der Waals surface area contributed by atoms with Crippen molar-refractivity contribution in [3.63, 3.8) is 0 Å². The second-order valence-electron chi connectivity index (χ2n) is 3.76. The minimum atomic E-state index is 0.217. The third-order valence-electron chi connectivity index (χ3n) is 2.57. The van der Waals surface area contributed by atoms with Crippen LogP contribution in [0.25, 0.3) is 0 Å². The SMILES string of the molecule is CNC(c1cccs1)c1cc(C)nnc1C. The average molecular weight is 233 g/mol. The first kappa shape index (κ1) is 11.2. The maximum absolute atomic E-state index is 4.17. The lowest BCUT2D eigenvalue weighted by molar-refractivity contribution is 0.686. The number of hydrogen-bond donors (Lipinski definition) is 1. The lowest BCUT2D eigenvalue weighted by Gasteiger charge is -2.16. The molecule has 0 aliphatic rings. The molecule has 0 bridgehead atoms. The Morgan fingerprint density at radius 2 is 2.12 bits per heavy atom. The molecule has 0 aliphatic heterocycles. The van der Waals surface area contributed by atoms with Crippen molar-refractivity contribution in [2.75, 3.05) is 7.05 Å². The van der Waals surface area contributed by atoms with E-state index < -0.39 is 0 Å². The van der Waals surface area contributed by atoms with Crippen LogP contribution in [0.4, 0.5) is 0 Å². The van der Waals surface area contributed by atoms with Gasteiger partial charge in [0.1, 0.15) is 0 Å². The summed E-state index contributed by atoms with van der Waals surface area (Å²) in [5.41, 5.74) is 3.15. The van der Waals surface area contributed by atoms with Crippen molar-refractivity contribution in [3.05, 3.63) is 45.4 Å². The minimum absolute atomic E-state index is 0.217. The van der Waals surface area contributed by atoms with Gasteiger partial charge in [0.15, 0.2) is 0 Å². The second kappa shape index (κ2) is 4.72. The lowest BCUT2D eigenvalue weighted by atomic mass is 10.0. The van der Waals surface area contributed by atoms with Crippen LogP contribution in [-0.4, -0.2) is 17.2 Å². The van der Waals surface area contributed by atoms with Crippen LogP contribution in [0.5, 0.6) is 0 Å². The number of hydrogen-bond acceptors (Lipinski definition) is 4. The maximum Gasteiger partial charge on any atom is 0.0687 e. The zero-order chi connectivity index (χ0) is 11.5. The van der Waals surface area contributed by atoms with Crippen molar-refractivity contribution in [1.29, 1.82) is 0 Å². The summed E-state index contributed by atoms with van der Waals surface area (Å²) in [5, 5.41) is 13.7. The van der Waals surface area contributed by atoms with Gasteiger partial charge in [0, 0.05) is 4.88 Å². The predicted molar refractivity (Wildman–Crippen MR) is 66.7 cm³/mol. The number of rotatable bonds is 3. The zero-order valence-corrected chi connectivity index (χ0v) is 10.5. The van der Waals surface area contributed by atoms with Gasteiger partial charge in [-0.15, -0.1) is 11.3 Å². The van der Waals surface area contributed by atoms with Crippen LogP contribution in [-0.2, 0) is 0 Å². The number of nitrogens with zero attached hydrogens (tertiary/aromatic N) is 2. The predicted octanol–water partition coefficient (Wildman–Crippen LogP) is 2.46. The molecule has 84 valence electrons. The standard InChI is InChI=1S/C12H15N3S/c1-8-7-10(9(2)15-14-8)12(13-3)11-5-4-6-16-11/h4-7,12-13H,1-3H3. The summed E-state index contributed by atoms with van der Waals surface area (Å²) in [5.74, 6) is 0. The number of aryl methyl sites for hydroxylation is 2. The summed E-state index contributed by atoms with van der Waals surface area (Å²) < 4.78 is 0. The van der Waals surface area contributed by atoms with E-state index in [1.165, 1.54) is 10.4 Å². The fourth-order valence-electron chi connectivity index (χ4n) is 1.77. The summed E-state index contributed by atoms with van der Waals surface area (Å²) in [6.45, 7) is 3.97. The van der Waals surface area contributed by atoms with Gasteiger partial charge in [0.25, 0.3) is 0 Å². The molecule has 16 heavy (non-hydrogen) atoms. The summed E-state index contributed by atoms with van der Waals surface area (Å²) in [7, 11) is 1.97. The molecule has 2 rings (SSSR count). The normalized spacial score (nSPS) is 12.7. The highest BCUT2D eigenvalue weighted by Gasteiger charge is 2.16. The van der Waals surface area contributed by atoms with E-state index >= 15 is 0 Å². The molecule has 0 radical (unpaired) electrons. The molecule has 0 aliphatic carbocycles. The van der Waals surface area contributed by atoms with Gasteiger partial charge in [-0.1, -0.05) is 6.07 Å². The first-order valence-electron chi connectivity index (χ1n) is 5.24. The largest absolute Gasteiger partial charge is 0.309 e. The summed E-state index contributed by atoms with van der Waals surface area (Å²) >= 11 is 1.75. The Balaban J connectivity index is 2.44. The minimum Gasteiger partial charge on any atom is -0.309 e. The molecule has 0 amide bonds. The summed E-state index contributed by atoms with van der Waals surface area (Å²) in [6.07, 6.45) is 0. The Kier molecular flexibility index (Phi) is 3.31. The zero-order valence-electron chi connectivity index (χ0n) is 9.69. The van der Waals surface area contributed by atoms with Crippen molar-refractivity contribution in [1.82, 2.24) is 15.5 Å². The van der Waals surface area contributed by atoms with E-state index in [-0.39, 0.29) is 6.04 Å². The number of aromatic nitrogens is 2. The molecular formula is C12H15N3S. The monoisotopic (exact) mass is 233 g/mol. The van der Waals surface area contributed by atoms with E-state index in [4.69, 9.17) is 0 Å². The molecule has 0 saturated heterocycles. The smallest absolute Gasteiger partial charge is 0.0687 e. The average Bonchev–Trinajstić information content (AvgIpc) is 2.78. The van der Waals surface area contributed by atoms with E-state index in [1.807, 2.05) is 20.9 Å². The number of thiophene rings is 1. The Morgan fingerprint density at radius 3 is 2.75 bits per heavy atom. The lowest BCUT2D eigenvalue weighted by Crippen LogP contribution is -2.18. The van der Waals surface area contributed by atoms with Crippen LogP contribution in [0, 0.1) is 13.8 Å². The molecule has 1 unspecified atom stereocenters. The van der Waals surface area contributed by atoms with E-state index in [2.05, 4.69) is 39.1 Å². The van der Waals surface area contributed by atoms with Gasteiger partial charge in [-0.25, -0.2) is 0 Å². The highest BCUT2D eigenvalue weighted by atomic mass is 32.1. The molecule has 1 N–H and O–H groups in total. The molecular weight excluding hydrogens is 218 g/mol. The third-order valence-corrected chi connectivity index (χ3v) is 3.50. The topological polar surface area (TPSA) is 37.8 Å². The third kappa shape index (κ3) is 2.13. The summed E-state index contributed by atoms with van der Waals surface area (Å²) in [4.78, 5) is 1.30.